The van der Waals surface area contributed by atoms with E-state index in [2.05, 4.69) is 185 Å². The van der Waals surface area contributed by atoms with E-state index in [4.69, 9.17) is 0 Å². The second-order valence-corrected chi connectivity index (χ2v) is 16.1. The third-order valence-electron chi connectivity index (χ3n) is 12.7. The van der Waals surface area contributed by atoms with Gasteiger partial charge in [0.25, 0.3) is 0 Å². The van der Waals surface area contributed by atoms with Crippen LogP contribution >= 0.6 is 0 Å². The fourth-order valence-electron chi connectivity index (χ4n) is 10.2. The Bertz CT molecular complexity index is 2610. The summed E-state index contributed by atoms with van der Waals surface area (Å²) in [7, 11) is 2.22. The van der Waals surface area contributed by atoms with Crippen molar-refractivity contribution in [2.24, 2.45) is 0 Å². The number of hydrogen-bond donors (Lipinski definition) is 0. The molecule has 0 N–H and O–H groups in total. The van der Waals surface area contributed by atoms with Crippen molar-refractivity contribution < 1.29 is 4.79 Å². The molecule has 7 aromatic rings. The van der Waals surface area contributed by atoms with E-state index in [0.717, 1.165) is 44.5 Å². The fourth-order valence-corrected chi connectivity index (χ4v) is 10.2. The molecule has 0 saturated heterocycles. The SMILES string of the molecule is CN1c2cc(-c3ccc4c(c3)C(c3ccccc3)(c3ccccc3)c3ccccc3C4=O)ccc2C(C)(C)c2c1ccc1c2-c2ccccc2C1(C)C. The highest BCUT2D eigenvalue weighted by molar-refractivity contribution is 6.14. The monoisotopic (exact) mass is 683 g/mol. The molecule has 2 nitrogen and oxygen atoms in total. The molecule has 0 spiro atoms. The number of hydrogen-bond acceptors (Lipinski definition) is 2. The molecule has 256 valence electrons. The maximum absolute atomic E-state index is 14.3. The number of ketones is 1. The average molecular weight is 684 g/mol. The molecule has 7 aromatic carbocycles. The number of benzene rings is 7. The van der Waals surface area contributed by atoms with E-state index < -0.39 is 5.41 Å². The van der Waals surface area contributed by atoms with Crippen LogP contribution in [0.15, 0.2) is 158 Å². The fraction of sp³-hybridized carbons (Fsp3) is 0.157. The van der Waals surface area contributed by atoms with Crippen molar-refractivity contribution in [3.63, 3.8) is 0 Å². The molecule has 0 aromatic heterocycles. The Balaban J connectivity index is 1.17. The zero-order valence-electron chi connectivity index (χ0n) is 30.9. The van der Waals surface area contributed by atoms with Gasteiger partial charge in [-0.2, -0.15) is 0 Å². The van der Waals surface area contributed by atoms with Gasteiger partial charge in [0.15, 0.2) is 5.78 Å². The highest BCUT2D eigenvalue weighted by Crippen LogP contribution is 2.59. The maximum Gasteiger partial charge on any atom is 0.193 e. The van der Waals surface area contributed by atoms with Crippen LogP contribution in [0.25, 0.3) is 22.3 Å². The third-order valence-corrected chi connectivity index (χ3v) is 12.7. The predicted molar refractivity (Wildman–Crippen MR) is 218 cm³/mol. The maximum atomic E-state index is 14.3. The molecule has 0 saturated carbocycles. The summed E-state index contributed by atoms with van der Waals surface area (Å²) in [5.74, 6) is 0.0745. The minimum atomic E-state index is -0.672. The summed E-state index contributed by atoms with van der Waals surface area (Å²) >= 11 is 0. The summed E-state index contributed by atoms with van der Waals surface area (Å²) in [6.07, 6.45) is 0. The quantitative estimate of drug-likeness (QED) is 0.185. The van der Waals surface area contributed by atoms with Gasteiger partial charge in [0.2, 0.25) is 0 Å². The summed E-state index contributed by atoms with van der Waals surface area (Å²) in [5, 5.41) is 0. The Morgan fingerprint density at radius 2 is 0.981 bits per heavy atom. The van der Waals surface area contributed by atoms with Crippen molar-refractivity contribution in [3.8, 4) is 22.3 Å². The third kappa shape index (κ3) is 4.12. The van der Waals surface area contributed by atoms with Crippen LogP contribution in [0.2, 0.25) is 0 Å². The summed E-state index contributed by atoms with van der Waals surface area (Å²) in [4.78, 5) is 16.7. The van der Waals surface area contributed by atoms with Crippen LogP contribution in [0.5, 0.6) is 0 Å². The van der Waals surface area contributed by atoms with E-state index in [-0.39, 0.29) is 16.6 Å². The minimum absolute atomic E-state index is 0.0528. The molecule has 2 heteroatoms. The number of anilines is 2. The Labute approximate surface area is 312 Å². The van der Waals surface area contributed by atoms with Gasteiger partial charge in [0.05, 0.1) is 5.41 Å². The summed E-state index contributed by atoms with van der Waals surface area (Å²) in [6, 6.07) is 56.7. The van der Waals surface area contributed by atoms with Crippen molar-refractivity contribution in [1.29, 1.82) is 0 Å². The molecule has 0 fully saturated rings. The normalized spacial score (nSPS) is 16.5. The molecule has 2 aliphatic carbocycles. The van der Waals surface area contributed by atoms with Gasteiger partial charge >= 0.3 is 0 Å². The lowest BCUT2D eigenvalue weighted by Gasteiger charge is -2.42. The molecule has 53 heavy (non-hydrogen) atoms. The van der Waals surface area contributed by atoms with Crippen molar-refractivity contribution in [1.82, 2.24) is 0 Å². The number of carbonyl (C=O) groups is 1. The summed E-state index contributed by atoms with van der Waals surface area (Å²) < 4.78 is 0. The van der Waals surface area contributed by atoms with Crippen molar-refractivity contribution in [2.45, 2.75) is 43.9 Å². The Morgan fingerprint density at radius 1 is 0.434 bits per heavy atom. The van der Waals surface area contributed by atoms with Gasteiger partial charge in [-0.3, -0.25) is 4.79 Å². The standard InChI is InChI=1S/C51H41NO/c1-49(2)39-22-14-12-20-36(39)46-42(49)28-29-44-47(46)50(3,4)41-27-25-33(31-45(41)52(44)5)32-24-26-38-43(30-32)51(34-16-8-6-9-17-34,35-18-10-7-11-19-35)40-23-15-13-21-37(40)48(38)53/h6-31H,1-5H3. The molecule has 0 amide bonds. The minimum Gasteiger partial charge on any atom is -0.344 e. The van der Waals surface area contributed by atoms with Crippen LogP contribution in [-0.4, -0.2) is 12.8 Å². The van der Waals surface area contributed by atoms with Crippen LogP contribution in [0.3, 0.4) is 0 Å². The number of nitrogens with zero attached hydrogens (tertiary/aromatic N) is 1. The van der Waals surface area contributed by atoms with Gasteiger partial charge in [-0.05, 0) is 85.0 Å². The largest absolute Gasteiger partial charge is 0.344 e. The second kappa shape index (κ2) is 11.0. The van der Waals surface area contributed by atoms with Crippen LogP contribution in [0.4, 0.5) is 11.4 Å². The zero-order chi connectivity index (χ0) is 36.3. The molecule has 1 heterocycles. The van der Waals surface area contributed by atoms with Gasteiger partial charge in [0, 0.05) is 40.4 Å². The van der Waals surface area contributed by atoms with Crippen molar-refractivity contribution >= 4 is 17.2 Å². The van der Waals surface area contributed by atoms with E-state index in [9.17, 15) is 4.79 Å². The van der Waals surface area contributed by atoms with Crippen LogP contribution in [-0.2, 0) is 16.2 Å². The summed E-state index contributed by atoms with van der Waals surface area (Å²) in [5.41, 5.74) is 17.9. The lowest BCUT2D eigenvalue weighted by atomic mass is 9.59. The van der Waals surface area contributed by atoms with Crippen LogP contribution < -0.4 is 4.90 Å². The molecular formula is C51H41NO. The first-order valence-electron chi connectivity index (χ1n) is 18.7. The zero-order valence-corrected chi connectivity index (χ0v) is 30.9. The number of fused-ring (bicyclic) bond motifs is 8. The first-order valence-corrected chi connectivity index (χ1v) is 18.7. The van der Waals surface area contributed by atoms with E-state index in [0.29, 0.717) is 0 Å². The average Bonchev–Trinajstić information content (AvgIpc) is 3.43. The van der Waals surface area contributed by atoms with Crippen molar-refractivity contribution in [2.75, 3.05) is 11.9 Å². The van der Waals surface area contributed by atoms with Crippen LogP contribution in [0.1, 0.15) is 88.1 Å². The Morgan fingerprint density at radius 3 is 1.68 bits per heavy atom. The van der Waals surface area contributed by atoms with Crippen molar-refractivity contribution in [3.05, 3.63) is 213 Å². The molecule has 3 aliphatic rings. The Hall–Kier alpha value is -5.99. The van der Waals surface area contributed by atoms with E-state index in [1.165, 1.54) is 44.8 Å². The highest BCUT2D eigenvalue weighted by atomic mass is 16.1. The molecule has 0 radical (unpaired) electrons. The molecular weight excluding hydrogens is 643 g/mol. The van der Waals surface area contributed by atoms with Gasteiger partial charge in [-0.25, -0.2) is 0 Å². The van der Waals surface area contributed by atoms with Crippen LogP contribution in [0, 0.1) is 0 Å². The van der Waals surface area contributed by atoms with Gasteiger partial charge < -0.3 is 4.90 Å². The second-order valence-electron chi connectivity index (χ2n) is 16.1. The smallest absolute Gasteiger partial charge is 0.193 e. The van der Waals surface area contributed by atoms with E-state index >= 15 is 0 Å². The number of carbonyl (C=O) groups excluding carboxylic acids is 1. The number of rotatable bonds is 3. The summed E-state index contributed by atoms with van der Waals surface area (Å²) in [6.45, 7) is 9.50. The predicted octanol–water partition coefficient (Wildman–Crippen LogP) is 12.0. The first-order chi connectivity index (χ1) is 25.6. The topological polar surface area (TPSA) is 20.3 Å². The molecule has 10 rings (SSSR count). The van der Waals surface area contributed by atoms with Gasteiger partial charge in [-0.1, -0.05) is 167 Å². The van der Waals surface area contributed by atoms with Gasteiger partial charge in [-0.15, -0.1) is 0 Å². The van der Waals surface area contributed by atoms with E-state index in [1.54, 1.807) is 0 Å². The Kier molecular flexibility index (Phi) is 6.59. The van der Waals surface area contributed by atoms with Gasteiger partial charge in [0.1, 0.15) is 0 Å². The molecule has 0 bridgehead atoms. The molecule has 0 atom stereocenters. The molecule has 0 unspecified atom stereocenters. The lowest BCUT2D eigenvalue weighted by molar-refractivity contribution is 0.103. The first kappa shape index (κ1) is 31.7. The highest BCUT2D eigenvalue weighted by Gasteiger charge is 2.47. The molecule has 1 aliphatic heterocycles. The lowest BCUT2D eigenvalue weighted by Crippen LogP contribution is -2.38. The van der Waals surface area contributed by atoms with E-state index in [1.807, 2.05) is 12.1 Å².